The van der Waals surface area contributed by atoms with Crippen LogP contribution in [0.2, 0.25) is 5.02 Å². The number of aliphatic carboxylic acids is 1. The maximum absolute atomic E-state index is 12.5. The van der Waals surface area contributed by atoms with Crippen LogP contribution in [0, 0.1) is 19.8 Å². The Morgan fingerprint density at radius 3 is 2.31 bits per heavy atom. The van der Waals surface area contributed by atoms with Gasteiger partial charge in [-0.2, -0.15) is 18.3 Å². The quantitative estimate of drug-likeness (QED) is 0.667. The smallest absolute Gasteiger partial charge is 0.475 e. The number of nitrogens with two attached hydrogens (primary N) is 1. The molecule has 1 fully saturated rings. The summed E-state index contributed by atoms with van der Waals surface area (Å²) in [5.41, 5.74) is 7.96. The molecule has 0 spiro atoms. The molecule has 0 radical (unpaired) electrons. The maximum Gasteiger partial charge on any atom is 0.490 e. The van der Waals surface area contributed by atoms with Crippen molar-refractivity contribution in [2.75, 3.05) is 13.1 Å². The Labute approximate surface area is 187 Å². The molecule has 0 atom stereocenters. The number of piperidine rings is 1. The van der Waals surface area contributed by atoms with Crippen molar-refractivity contribution in [3.8, 4) is 0 Å². The molecule has 2 aromatic heterocycles. The summed E-state index contributed by atoms with van der Waals surface area (Å²) < 4.78 is 35.3. The van der Waals surface area contributed by atoms with Gasteiger partial charge in [-0.25, -0.2) is 4.79 Å². The Hall–Kier alpha value is -2.67. The number of hydrogen-bond donors (Lipinski definition) is 2. The molecular weight excluding hydrogens is 455 g/mol. The fourth-order valence-electron chi connectivity index (χ4n) is 3.21. The highest BCUT2D eigenvalue weighted by atomic mass is 35.5. The highest BCUT2D eigenvalue weighted by molar-refractivity contribution is 6.31. The molecule has 32 heavy (non-hydrogen) atoms. The Balaban J connectivity index is 0.000000451. The van der Waals surface area contributed by atoms with Crippen molar-refractivity contribution in [2.45, 2.75) is 52.5 Å². The lowest BCUT2D eigenvalue weighted by Gasteiger charge is -2.32. The van der Waals surface area contributed by atoms with E-state index in [-0.39, 0.29) is 12.5 Å². The molecule has 14 heteroatoms. The van der Waals surface area contributed by atoms with Crippen molar-refractivity contribution in [1.82, 2.24) is 29.7 Å². The average Bonchev–Trinajstić information content (AvgIpc) is 3.28. The normalized spacial score (nSPS) is 14.8. The Morgan fingerprint density at radius 1 is 1.28 bits per heavy atom. The van der Waals surface area contributed by atoms with E-state index in [2.05, 4.69) is 15.4 Å². The summed E-state index contributed by atoms with van der Waals surface area (Å²) in [6.45, 7) is 6.72. The van der Waals surface area contributed by atoms with Crippen molar-refractivity contribution in [2.24, 2.45) is 11.7 Å². The van der Waals surface area contributed by atoms with E-state index in [0.29, 0.717) is 17.5 Å². The number of nitrogens with zero attached hydrogens (tertiary/aromatic N) is 6. The Morgan fingerprint density at radius 2 is 1.88 bits per heavy atom. The zero-order chi connectivity index (χ0) is 24.1. The number of likely N-dealkylation sites (tertiary alicyclic amines) is 1. The summed E-state index contributed by atoms with van der Waals surface area (Å²) in [5.74, 6) is -2.17. The molecule has 178 valence electrons. The van der Waals surface area contributed by atoms with Gasteiger partial charge < -0.3 is 15.7 Å². The van der Waals surface area contributed by atoms with E-state index in [0.717, 1.165) is 49.6 Å². The highest BCUT2D eigenvalue weighted by Crippen LogP contribution is 2.21. The Bertz CT molecular complexity index is 937. The minimum absolute atomic E-state index is 0.0897. The van der Waals surface area contributed by atoms with E-state index in [9.17, 15) is 18.0 Å². The van der Waals surface area contributed by atoms with Crippen molar-refractivity contribution in [1.29, 1.82) is 0 Å². The van der Waals surface area contributed by atoms with E-state index in [1.165, 1.54) is 0 Å². The predicted molar refractivity (Wildman–Crippen MR) is 108 cm³/mol. The summed E-state index contributed by atoms with van der Waals surface area (Å²) in [4.78, 5) is 23.3. The molecule has 3 heterocycles. The van der Waals surface area contributed by atoms with Crippen LogP contribution in [0.4, 0.5) is 13.2 Å². The third-order valence-electron chi connectivity index (χ3n) is 5.03. The minimum atomic E-state index is -5.08. The first kappa shape index (κ1) is 25.6. The van der Waals surface area contributed by atoms with Gasteiger partial charge in [0.1, 0.15) is 6.54 Å². The molecule has 3 rings (SSSR count). The van der Waals surface area contributed by atoms with Gasteiger partial charge in [-0.05, 0) is 32.6 Å². The number of carboxylic acid groups (broad SMARTS) is 1. The van der Waals surface area contributed by atoms with E-state index in [1.54, 1.807) is 4.68 Å². The minimum Gasteiger partial charge on any atom is -0.475 e. The molecule has 0 aromatic carbocycles. The fourth-order valence-corrected chi connectivity index (χ4v) is 3.34. The number of amides is 1. The number of alkyl halides is 3. The molecular formula is C18H25ClF3N7O3. The fraction of sp³-hybridized carbons (Fsp3) is 0.611. The number of aromatic nitrogens is 5. The van der Waals surface area contributed by atoms with Gasteiger partial charge in [-0.15, -0.1) is 5.10 Å². The van der Waals surface area contributed by atoms with Crippen LogP contribution in [0.3, 0.4) is 0 Å². The lowest BCUT2D eigenvalue weighted by Crippen LogP contribution is -2.41. The molecule has 0 bridgehead atoms. The van der Waals surface area contributed by atoms with Crippen LogP contribution >= 0.6 is 11.6 Å². The molecule has 0 unspecified atom stereocenters. The summed E-state index contributed by atoms with van der Waals surface area (Å²) in [5, 5.41) is 20.2. The molecule has 1 saturated heterocycles. The molecule has 0 saturated carbocycles. The summed E-state index contributed by atoms with van der Waals surface area (Å²) in [6.07, 6.45) is -1.27. The van der Waals surface area contributed by atoms with E-state index >= 15 is 0 Å². The molecule has 3 N–H and O–H groups in total. The highest BCUT2D eigenvalue weighted by Gasteiger charge is 2.38. The number of aryl methyl sites for hydroxylation is 1. The second-order valence-corrected chi connectivity index (χ2v) is 7.78. The molecule has 1 aliphatic heterocycles. The first-order valence-corrected chi connectivity index (χ1v) is 10.2. The summed E-state index contributed by atoms with van der Waals surface area (Å²) in [6, 6.07) is 0. The largest absolute Gasteiger partial charge is 0.490 e. The molecule has 1 aliphatic rings. The third kappa shape index (κ3) is 6.92. The van der Waals surface area contributed by atoms with Crippen molar-refractivity contribution >= 4 is 23.5 Å². The van der Waals surface area contributed by atoms with Crippen LogP contribution in [0.5, 0.6) is 0 Å². The lowest BCUT2D eigenvalue weighted by molar-refractivity contribution is -0.192. The maximum atomic E-state index is 12.5. The number of carboxylic acids is 1. The molecule has 10 nitrogen and oxygen atoms in total. The van der Waals surface area contributed by atoms with Gasteiger partial charge in [0.05, 0.1) is 22.1 Å². The Kier molecular flexibility index (Phi) is 8.61. The van der Waals surface area contributed by atoms with Crippen LogP contribution in [-0.4, -0.2) is 65.9 Å². The van der Waals surface area contributed by atoms with Crippen LogP contribution in [0.15, 0.2) is 6.20 Å². The zero-order valence-electron chi connectivity index (χ0n) is 17.6. The SMILES string of the molecule is Cc1nn(CC(=O)N2CCC(Cn3cc(CN)nn3)CC2)c(C)c1Cl.O=C(O)C(F)(F)F. The van der Waals surface area contributed by atoms with Gasteiger partial charge >= 0.3 is 12.1 Å². The van der Waals surface area contributed by atoms with Crippen molar-refractivity contribution < 1.29 is 27.9 Å². The van der Waals surface area contributed by atoms with Crippen LogP contribution in [0.1, 0.15) is 29.9 Å². The van der Waals surface area contributed by atoms with Crippen LogP contribution in [-0.2, 0) is 29.2 Å². The molecule has 1 amide bonds. The van der Waals surface area contributed by atoms with Gasteiger partial charge in [-0.1, -0.05) is 16.8 Å². The number of carbonyl (C=O) groups is 2. The van der Waals surface area contributed by atoms with E-state index in [1.807, 2.05) is 29.6 Å². The van der Waals surface area contributed by atoms with Crippen LogP contribution in [0.25, 0.3) is 0 Å². The molecule has 0 aliphatic carbocycles. The summed E-state index contributed by atoms with van der Waals surface area (Å²) in [7, 11) is 0. The number of carbonyl (C=O) groups excluding carboxylic acids is 1. The molecule has 2 aromatic rings. The number of hydrogen-bond acceptors (Lipinski definition) is 6. The van der Waals surface area contributed by atoms with Crippen LogP contribution < -0.4 is 5.73 Å². The second kappa shape index (κ2) is 10.8. The monoisotopic (exact) mass is 479 g/mol. The van der Waals surface area contributed by atoms with Gasteiger partial charge in [0.25, 0.3) is 0 Å². The summed E-state index contributed by atoms with van der Waals surface area (Å²) >= 11 is 6.15. The lowest BCUT2D eigenvalue weighted by atomic mass is 9.97. The van der Waals surface area contributed by atoms with E-state index < -0.39 is 12.1 Å². The van der Waals surface area contributed by atoms with E-state index in [4.69, 9.17) is 27.2 Å². The first-order valence-electron chi connectivity index (χ1n) is 9.78. The second-order valence-electron chi connectivity index (χ2n) is 7.41. The standard InChI is InChI=1S/C16H24ClN7O.C2HF3O2/c1-11-16(17)12(2)24(20-11)10-15(25)22-5-3-13(4-6-22)8-23-9-14(7-18)19-21-23;3-2(4,5)1(6)7/h9,13H,3-8,10,18H2,1-2H3;(H,6,7). The van der Waals surface area contributed by atoms with Gasteiger partial charge in [0.2, 0.25) is 5.91 Å². The number of rotatable bonds is 5. The zero-order valence-corrected chi connectivity index (χ0v) is 18.4. The van der Waals surface area contributed by atoms with Gasteiger partial charge in [0, 0.05) is 32.4 Å². The van der Waals surface area contributed by atoms with Gasteiger partial charge in [0.15, 0.2) is 0 Å². The average molecular weight is 480 g/mol. The first-order chi connectivity index (χ1) is 14.9. The van der Waals surface area contributed by atoms with Crippen molar-refractivity contribution in [3.63, 3.8) is 0 Å². The topological polar surface area (TPSA) is 132 Å². The number of halogens is 4. The van der Waals surface area contributed by atoms with Crippen molar-refractivity contribution in [3.05, 3.63) is 28.3 Å². The van der Waals surface area contributed by atoms with Gasteiger partial charge in [-0.3, -0.25) is 14.2 Å². The third-order valence-corrected chi connectivity index (χ3v) is 5.58. The predicted octanol–water partition coefficient (Wildman–Crippen LogP) is 1.78.